The summed E-state index contributed by atoms with van der Waals surface area (Å²) >= 11 is 5.72. The maximum Gasteiger partial charge on any atom is 0.335 e. The summed E-state index contributed by atoms with van der Waals surface area (Å²) in [5.41, 5.74) is 0.414. The second-order valence-corrected chi connectivity index (χ2v) is 3.88. The van der Waals surface area contributed by atoms with E-state index in [2.05, 4.69) is 0 Å². The van der Waals surface area contributed by atoms with Crippen molar-refractivity contribution >= 4 is 23.4 Å². The van der Waals surface area contributed by atoms with Gasteiger partial charge in [-0.3, -0.25) is 4.79 Å². The van der Waals surface area contributed by atoms with Gasteiger partial charge in [-0.1, -0.05) is 11.6 Å². The van der Waals surface area contributed by atoms with E-state index in [-0.39, 0.29) is 11.5 Å². The molecule has 0 saturated carbocycles. The van der Waals surface area contributed by atoms with Crippen molar-refractivity contribution in [3.63, 3.8) is 0 Å². The van der Waals surface area contributed by atoms with Gasteiger partial charge < -0.3 is 9.47 Å². The molecule has 0 amide bonds. The number of hydrogen-bond acceptors (Lipinski definition) is 4. The topological polar surface area (TPSA) is 52.6 Å². The number of Topliss-reactive ketones (excluding diaryl/α,β-unsaturated/α-hetero) is 1. The normalized spacial score (nSPS) is 18.6. The first kappa shape index (κ1) is 11.7. The van der Waals surface area contributed by atoms with Crippen LogP contribution in [0.4, 0.5) is 0 Å². The minimum absolute atomic E-state index is 0.218. The van der Waals surface area contributed by atoms with Gasteiger partial charge in [0.15, 0.2) is 5.76 Å². The van der Waals surface area contributed by atoms with Gasteiger partial charge >= 0.3 is 5.97 Å². The largest absolute Gasteiger partial charge is 0.496 e. The predicted octanol–water partition coefficient (Wildman–Crippen LogP) is 1.98. The maximum atomic E-state index is 12.0. The van der Waals surface area contributed by atoms with Crippen molar-refractivity contribution in [3.8, 4) is 0 Å². The van der Waals surface area contributed by atoms with Crippen LogP contribution in [-0.2, 0) is 14.3 Å². The molecule has 0 spiro atoms. The van der Waals surface area contributed by atoms with Gasteiger partial charge in [0, 0.05) is 10.6 Å². The standard InChI is InChI=1S/C12H9ClO4/c1-16-9-6-10(14)17-12(9)11(15)7-2-4-8(13)5-3-7/h2-6,12H,1H3. The molecule has 0 radical (unpaired) electrons. The van der Waals surface area contributed by atoms with Crippen LogP contribution in [0.2, 0.25) is 5.02 Å². The number of hydrogen-bond donors (Lipinski definition) is 0. The minimum atomic E-state index is -0.992. The highest BCUT2D eigenvalue weighted by Crippen LogP contribution is 2.21. The third kappa shape index (κ3) is 2.31. The van der Waals surface area contributed by atoms with Crippen molar-refractivity contribution in [2.75, 3.05) is 7.11 Å². The zero-order valence-corrected chi connectivity index (χ0v) is 9.73. The number of ether oxygens (including phenoxy) is 2. The van der Waals surface area contributed by atoms with Crippen molar-refractivity contribution in [2.24, 2.45) is 0 Å². The quantitative estimate of drug-likeness (QED) is 0.610. The van der Waals surface area contributed by atoms with Crippen LogP contribution in [0.3, 0.4) is 0 Å². The second kappa shape index (κ2) is 4.59. The van der Waals surface area contributed by atoms with Gasteiger partial charge in [0.2, 0.25) is 11.9 Å². The van der Waals surface area contributed by atoms with Gasteiger partial charge in [-0.25, -0.2) is 4.79 Å². The number of halogens is 1. The van der Waals surface area contributed by atoms with E-state index < -0.39 is 12.1 Å². The molecule has 1 aliphatic rings. The van der Waals surface area contributed by atoms with Crippen LogP contribution in [0.5, 0.6) is 0 Å². The molecule has 1 aliphatic heterocycles. The van der Waals surface area contributed by atoms with Crippen molar-refractivity contribution in [2.45, 2.75) is 6.10 Å². The summed E-state index contributed by atoms with van der Waals surface area (Å²) in [5.74, 6) is -0.690. The van der Waals surface area contributed by atoms with Gasteiger partial charge in [-0.15, -0.1) is 0 Å². The summed E-state index contributed by atoms with van der Waals surface area (Å²) in [6, 6.07) is 6.34. The lowest BCUT2D eigenvalue weighted by Crippen LogP contribution is -2.24. The van der Waals surface area contributed by atoms with Gasteiger partial charge in [0.05, 0.1) is 13.2 Å². The van der Waals surface area contributed by atoms with E-state index in [4.69, 9.17) is 21.1 Å². The van der Waals surface area contributed by atoms with Crippen LogP contribution in [0.15, 0.2) is 36.1 Å². The fourth-order valence-corrected chi connectivity index (χ4v) is 1.64. The smallest absolute Gasteiger partial charge is 0.335 e. The van der Waals surface area contributed by atoms with Crippen LogP contribution < -0.4 is 0 Å². The molecule has 1 aromatic rings. The van der Waals surface area contributed by atoms with E-state index >= 15 is 0 Å². The number of ketones is 1. The van der Waals surface area contributed by atoms with Crippen molar-refractivity contribution < 1.29 is 19.1 Å². The summed E-state index contributed by atoms with van der Waals surface area (Å²) in [7, 11) is 1.38. The molecular weight excluding hydrogens is 244 g/mol. The Balaban J connectivity index is 2.24. The van der Waals surface area contributed by atoms with Gasteiger partial charge in [-0.2, -0.15) is 0 Å². The molecule has 1 atom stereocenters. The molecule has 17 heavy (non-hydrogen) atoms. The van der Waals surface area contributed by atoms with E-state index in [9.17, 15) is 9.59 Å². The maximum absolute atomic E-state index is 12.0. The summed E-state index contributed by atoms with van der Waals surface area (Å²) in [4.78, 5) is 23.1. The molecule has 1 heterocycles. The summed E-state index contributed by atoms with van der Waals surface area (Å²) < 4.78 is 9.80. The summed E-state index contributed by atoms with van der Waals surface area (Å²) in [5, 5.41) is 0.535. The Bertz CT molecular complexity index is 490. The third-order valence-electron chi connectivity index (χ3n) is 2.36. The van der Waals surface area contributed by atoms with Crippen LogP contribution in [-0.4, -0.2) is 25.0 Å². The first-order valence-corrected chi connectivity index (χ1v) is 5.25. The van der Waals surface area contributed by atoms with Crippen LogP contribution in [0.25, 0.3) is 0 Å². The second-order valence-electron chi connectivity index (χ2n) is 3.44. The van der Waals surface area contributed by atoms with E-state index in [0.717, 1.165) is 0 Å². The van der Waals surface area contributed by atoms with Gasteiger partial charge in [0.25, 0.3) is 0 Å². The fraction of sp³-hybridized carbons (Fsp3) is 0.167. The third-order valence-corrected chi connectivity index (χ3v) is 2.61. The molecular formula is C12H9ClO4. The number of benzene rings is 1. The predicted molar refractivity (Wildman–Crippen MR) is 60.8 cm³/mol. The summed E-state index contributed by atoms with van der Waals surface area (Å²) in [6.07, 6.45) is 0.173. The highest BCUT2D eigenvalue weighted by Gasteiger charge is 2.34. The van der Waals surface area contributed by atoms with Crippen molar-refractivity contribution in [1.29, 1.82) is 0 Å². The average Bonchev–Trinajstić information content (AvgIpc) is 2.70. The molecule has 88 valence electrons. The number of methoxy groups -OCH3 is 1. The highest BCUT2D eigenvalue weighted by molar-refractivity contribution is 6.30. The van der Waals surface area contributed by atoms with E-state index in [1.54, 1.807) is 24.3 Å². The van der Waals surface area contributed by atoms with Crippen LogP contribution in [0.1, 0.15) is 10.4 Å². The number of esters is 1. The molecule has 0 aliphatic carbocycles. The Morgan fingerprint density at radius 2 is 2.00 bits per heavy atom. The molecule has 0 fully saturated rings. The lowest BCUT2D eigenvalue weighted by molar-refractivity contribution is -0.137. The monoisotopic (exact) mass is 252 g/mol. The molecule has 2 rings (SSSR count). The van der Waals surface area contributed by atoms with Crippen LogP contribution >= 0.6 is 11.6 Å². The van der Waals surface area contributed by atoms with Gasteiger partial charge in [-0.05, 0) is 24.3 Å². The Labute approximate surface area is 103 Å². The first-order valence-electron chi connectivity index (χ1n) is 4.88. The Morgan fingerprint density at radius 3 is 2.59 bits per heavy atom. The van der Waals surface area contributed by atoms with Crippen molar-refractivity contribution in [1.82, 2.24) is 0 Å². The SMILES string of the molecule is COC1=CC(=O)OC1C(=O)c1ccc(Cl)cc1. The summed E-state index contributed by atoms with van der Waals surface area (Å²) in [6.45, 7) is 0. The lowest BCUT2D eigenvalue weighted by atomic mass is 10.1. The molecule has 0 aromatic heterocycles. The number of carbonyl (C=O) groups excluding carboxylic acids is 2. The number of rotatable bonds is 3. The average molecular weight is 253 g/mol. The number of carbonyl (C=O) groups is 2. The van der Waals surface area contributed by atoms with E-state index in [1.165, 1.54) is 13.2 Å². The Kier molecular flexibility index (Phi) is 3.15. The molecule has 0 N–H and O–H groups in total. The highest BCUT2D eigenvalue weighted by atomic mass is 35.5. The molecule has 1 aromatic carbocycles. The van der Waals surface area contributed by atoms with Gasteiger partial charge in [0.1, 0.15) is 0 Å². The molecule has 0 bridgehead atoms. The molecule has 4 nitrogen and oxygen atoms in total. The Morgan fingerprint density at radius 1 is 1.35 bits per heavy atom. The minimum Gasteiger partial charge on any atom is -0.496 e. The van der Waals surface area contributed by atoms with E-state index in [0.29, 0.717) is 10.6 Å². The Hall–Kier alpha value is -1.81. The number of cyclic esters (lactones) is 1. The molecule has 5 heteroatoms. The van der Waals surface area contributed by atoms with Crippen LogP contribution in [0, 0.1) is 0 Å². The first-order chi connectivity index (χ1) is 8.11. The molecule has 1 unspecified atom stereocenters. The molecule has 0 saturated heterocycles. The zero-order chi connectivity index (χ0) is 12.4. The van der Waals surface area contributed by atoms with E-state index in [1.807, 2.05) is 0 Å². The zero-order valence-electron chi connectivity index (χ0n) is 8.98. The fourth-order valence-electron chi connectivity index (χ4n) is 1.51. The lowest BCUT2D eigenvalue weighted by Gasteiger charge is -2.11. The van der Waals surface area contributed by atoms with Crippen molar-refractivity contribution in [3.05, 3.63) is 46.7 Å².